The van der Waals surface area contributed by atoms with E-state index in [4.69, 9.17) is 9.47 Å². The van der Waals surface area contributed by atoms with Crippen LogP contribution >= 0.6 is 11.3 Å². The van der Waals surface area contributed by atoms with Gasteiger partial charge in [0.15, 0.2) is 0 Å². The van der Waals surface area contributed by atoms with Crippen molar-refractivity contribution in [2.45, 2.75) is 20.1 Å². The Bertz CT molecular complexity index is 603. The van der Waals surface area contributed by atoms with Gasteiger partial charge < -0.3 is 19.9 Å². The maximum Gasteiger partial charge on any atom is 0.407 e. The third-order valence-electron chi connectivity index (χ3n) is 3.48. The topological polar surface area (TPSA) is 67.8 Å². The first-order valence-corrected chi connectivity index (χ1v) is 8.65. The second kappa shape index (κ2) is 9.42. The third kappa shape index (κ3) is 6.31. The molecule has 0 radical (unpaired) electrons. The Hall–Kier alpha value is -1.89. The van der Waals surface area contributed by atoms with E-state index in [-0.39, 0.29) is 13.2 Å². The summed E-state index contributed by atoms with van der Waals surface area (Å²) in [4.78, 5) is 12.8. The smallest absolute Gasteiger partial charge is 0.407 e. The van der Waals surface area contributed by atoms with Crippen LogP contribution in [0.5, 0.6) is 0 Å². The molecule has 1 aromatic heterocycles. The number of carbonyl (C=O) groups excluding carboxylic acids is 1. The zero-order valence-corrected chi connectivity index (χ0v) is 14.6. The van der Waals surface area contributed by atoms with Crippen LogP contribution in [0.1, 0.15) is 17.4 Å². The quantitative estimate of drug-likeness (QED) is 0.729. The minimum absolute atomic E-state index is 0.0918. The predicted molar refractivity (Wildman–Crippen MR) is 93.8 cm³/mol. The fourth-order valence-electron chi connectivity index (χ4n) is 1.99. The molecule has 2 N–H and O–H groups in total. The van der Waals surface area contributed by atoms with Crippen molar-refractivity contribution >= 4 is 17.4 Å². The van der Waals surface area contributed by atoms with Gasteiger partial charge in [0.25, 0.3) is 0 Å². The Kier molecular flexibility index (Phi) is 7.24. The van der Waals surface area contributed by atoms with Gasteiger partial charge in [0.05, 0.1) is 26.4 Å². The van der Waals surface area contributed by atoms with Gasteiger partial charge in [-0.05, 0) is 17.0 Å². The fourth-order valence-corrected chi connectivity index (χ4v) is 2.63. The lowest BCUT2D eigenvalue weighted by Gasteiger charge is -2.26. The molecular formula is C18H23NO4S. The van der Waals surface area contributed by atoms with Crippen LogP contribution in [0.4, 0.5) is 4.79 Å². The van der Waals surface area contributed by atoms with Gasteiger partial charge >= 0.3 is 6.09 Å². The van der Waals surface area contributed by atoms with E-state index in [2.05, 4.69) is 5.32 Å². The standard InChI is InChI=1S/C18H23NO4S/c1-18(12-20,13-22-11-15-6-3-2-4-7-15)14-23-17(21)19-10-16-8-5-9-24-16/h2-9,20H,10-14H2,1H3,(H,19,21). The molecule has 2 aromatic rings. The normalized spacial score (nSPS) is 13.2. The number of hydrogen-bond acceptors (Lipinski definition) is 5. The van der Waals surface area contributed by atoms with Gasteiger partial charge in [0.2, 0.25) is 0 Å². The number of rotatable bonds is 9. The maximum atomic E-state index is 11.7. The molecular weight excluding hydrogens is 326 g/mol. The molecule has 0 aliphatic carbocycles. The Morgan fingerprint density at radius 1 is 1.21 bits per heavy atom. The summed E-state index contributed by atoms with van der Waals surface area (Å²) in [7, 11) is 0. The highest BCUT2D eigenvalue weighted by molar-refractivity contribution is 7.09. The molecule has 1 aromatic carbocycles. The summed E-state index contributed by atoms with van der Waals surface area (Å²) in [5.74, 6) is 0. The number of hydrogen-bond donors (Lipinski definition) is 2. The van der Waals surface area contributed by atoms with Crippen LogP contribution in [-0.2, 0) is 22.6 Å². The molecule has 0 aliphatic heterocycles. The molecule has 5 nitrogen and oxygen atoms in total. The first-order chi connectivity index (χ1) is 11.6. The first-order valence-electron chi connectivity index (χ1n) is 7.77. The highest BCUT2D eigenvalue weighted by Gasteiger charge is 2.26. The van der Waals surface area contributed by atoms with Crippen molar-refractivity contribution in [2.75, 3.05) is 19.8 Å². The molecule has 2 rings (SSSR count). The van der Waals surface area contributed by atoms with Crippen molar-refractivity contribution in [1.82, 2.24) is 5.32 Å². The molecule has 1 atom stereocenters. The van der Waals surface area contributed by atoms with Crippen LogP contribution in [0.15, 0.2) is 47.8 Å². The Morgan fingerprint density at radius 2 is 2.00 bits per heavy atom. The zero-order valence-electron chi connectivity index (χ0n) is 13.7. The van der Waals surface area contributed by atoms with E-state index in [1.165, 1.54) is 0 Å². The van der Waals surface area contributed by atoms with Crippen LogP contribution in [0, 0.1) is 5.41 Å². The summed E-state index contributed by atoms with van der Waals surface area (Å²) in [6.07, 6.45) is -0.494. The lowest BCUT2D eigenvalue weighted by molar-refractivity contribution is -0.0267. The number of amides is 1. The number of alkyl carbamates (subject to hydrolysis) is 1. The van der Waals surface area contributed by atoms with E-state index in [0.717, 1.165) is 10.4 Å². The average molecular weight is 349 g/mol. The number of ether oxygens (including phenoxy) is 2. The SMILES string of the molecule is CC(CO)(COCc1ccccc1)COC(=O)NCc1cccs1. The van der Waals surface area contributed by atoms with E-state index in [9.17, 15) is 9.90 Å². The number of aliphatic hydroxyl groups is 1. The molecule has 130 valence electrons. The van der Waals surface area contributed by atoms with Crippen molar-refractivity contribution in [3.8, 4) is 0 Å². The Labute approximate surface area is 146 Å². The van der Waals surface area contributed by atoms with E-state index in [0.29, 0.717) is 19.8 Å². The molecule has 0 bridgehead atoms. The molecule has 1 unspecified atom stereocenters. The van der Waals surface area contributed by atoms with Crippen molar-refractivity contribution in [3.05, 3.63) is 58.3 Å². The summed E-state index contributed by atoms with van der Waals surface area (Å²) >= 11 is 1.57. The summed E-state index contributed by atoms with van der Waals surface area (Å²) in [5, 5.41) is 14.2. The molecule has 0 fully saturated rings. The van der Waals surface area contributed by atoms with Gasteiger partial charge in [0, 0.05) is 10.3 Å². The summed E-state index contributed by atoms with van der Waals surface area (Å²) in [5.41, 5.74) is 0.432. The number of nitrogens with one attached hydrogen (secondary N) is 1. The molecule has 1 heterocycles. The third-order valence-corrected chi connectivity index (χ3v) is 4.36. The van der Waals surface area contributed by atoms with Gasteiger partial charge in [0.1, 0.15) is 6.61 Å². The van der Waals surface area contributed by atoms with Crippen LogP contribution < -0.4 is 5.32 Å². The summed E-state index contributed by atoms with van der Waals surface area (Å²) < 4.78 is 10.9. The highest BCUT2D eigenvalue weighted by Crippen LogP contribution is 2.18. The predicted octanol–water partition coefficient (Wildman–Crippen LogP) is 3.19. The minimum Gasteiger partial charge on any atom is -0.449 e. The van der Waals surface area contributed by atoms with Crippen molar-refractivity contribution < 1.29 is 19.4 Å². The molecule has 0 aliphatic rings. The van der Waals surface area contributed by atoms with E-state index in [1.54, 1.807) is 11.3 Å². The Morgan fingerprint density at radius 3 is 2.67 bits per heavy atom. The number of thiophene rings is 1. The van der Waals surface area contributed by atoms with Crippen molar-refractivity contribution in [2.24, 2.45) is 5.41 Å². The maximum absolute atomic E-state index is 11.7. The summed E-state index contributed by atoms with van der Waals surface area (Å²) in [6.45, 7) is 2.99. The van der Waals surface area contributed by atoms with Gasteiger partial charge in [-0.15, -0.1) is 11.3 Å². The van der Waals surface area contributed by atoms with Crippen LogP contribution in [-0.4, -0.2) is 31.0 Å². The zero-order chi connectivity index (χ0) is 17.3. The largest absolute Gasteiger partial charge is 0.449 e. The van der Waals surface area contributed by atoms with Crippen LogP contribution in [0.2, 0.25) is 0 Å². The molecule has 6 heteroatoms. The van der Waals surface area contributed by atoms with Crippen LogP contribution in [0.3, 0.4) is 0 Å². The highest BCUT2D eigenvalue weighted by atomic mass is 32.1. The van der Waals surface area contributed by atoms with E-state index in [1.807, 2.05) is 54.8 Å². The van der Waals surface area contributed by atoms with Gasteiger partial charge in [-0.25, -0.2) is 4.79 Å². The number of aliphatic hydroxyl groups excluding tert-OH is 1. The average Bonchev–Trinajstić information content (AvgIpc) is 3.13. The lowest BCUT2D eigenvalue weighted by Crippen LogP contribution is -2.36. The van der Waals surface area contributed by atoms with Crippen LogP contribution in [0.25, 0.3) is 0 Å². The molecule has 0 saturated carbocycles. The second-order valence-electron chi connectivity index (χ2n) is 5.96. The molecule has 1 amide bonds. The van der Waals surface area contributed by atoms with Crippen molar-refractivity contribution in [1.29, 1.82) is 0 Å². The number of carbonyl (C=O) groups is 1. The van der Waals surface area contributed by atoms with Gasteiger partial charge in [-0.2, -0.15) is 0 Å². The second-order valence-corrected chi connectivity index (χ2v) is 6.99. The minimum atomic E-state index is -0.630. The number of benzene rings is 1. The molecule has 0 spiro atoms. The van der Waals surface area contributed by atoms with Gasteiger partial charge in [-0.3, -0.25) is 0 Å². The van der Waals surface area contributed by atoms with Gasteiger partial charge in [-0.1, -0.05) is 43.3 Å². The molecule has 24 heavy (non-hydrogen) atoms. The Balaban J connectivity index is 1.69. The van der Waals surface area contributed by atoms with Crippen molar-refractivity contribution in [3.63, 3.8) is 0 Å². The lowest BCUT2D eigenvalue weighted by atomic mass is 9.94. The monoisotopic (exact) mass is 349 g/mol. The first kappa shape index (κ1) is 18.4. The fraction of sp³-hybridized carbons (Fsp3) is 0.389. The summed E-state index contributed by atoms with van der Waals surface area (Å²) in [6, 6.07) is 13.7. The molecule has 0 saturated heterocycles. The van der Waals surface area contributed by atoms with E-state index < -0.39 is 11.5 Å². The van der Waals surface area contributed by atoms with E-state index >= 15 is 0 Å².